The van der Waals surface area contributed by atoms with E-state index in [0.717, 1.165) is 26.1 Å². The highest BCUT2D eigenvalue weighted by molar-refractivity contribution is 5.22. The van der Waals surface area contributed by atoms with Gasteiger partial charge in [0.05, 0.1) is 0 Å². The molecule has 1 saturated heterocycles. The lowest BCUT2D eigenvalue weighted by Gasteiger charge is -2.43. The number of aryl methyl sites for hydroxylation is 1. The summed E-state index contributed by atoms with van der Waals surface area (Å²) in [5, 5.41) is 3.72. The topological polar surface area (TPSA) is 15.3 Å². The van der Waals surface area contributed by atoms with Gasteiger partial charge in [-0.2, -0.15) is 0 Å². The van der Waals surface area contributed by atoms with E-state index in [-0.39, 0.29) is 0 Å². The first kappa shape index (κ1) is 14.5. The fourth-order valence-electron chi connectivity index (χ4n) is 3.04. The van der Waals surface area contributed by atoms with Crippen LogP contribution in [0.25, 0.3) is 0 Å². The van der Waals surface area contributed by atoms with Crippen molar-refractivity contribution >= 4 is 0 Å². The summed E-state index contributed by atoms with van der Waals surface area (Å²) in [4.78, 5) is 2.60. The van der Waals surface area contributed by atoms with E-state index in [1.54, 1.807) is 0 Å². The van der Waals surface area contributed by atoms with Gasteiger partial charge < -0.3 is 5.32 Å². The van der Waals surface area contributed by atoms with Crippen LogP contribution in [0.1, 0.15) is 44.7 Å². The molecule has 1 aliphatic rings. The Kier molecular flexibility index (Phi) is 5.00. The van der Waals surface area contributed by atoms with E-state index in [1.165, 1.54) is 30.5 Å². The fraction of sp³-hybridized carbons (Fsp3) is 0.647. The van der Waals surface area contributed by atoms with E-state index >= 15 is 0 Å². The van der Waals surface area contributed by atoms with Crippen LogP contribution in [0, 0.1) is 0 Å². The largest absolute Gasteiger partial charge is 0.309 e. The normalized spacial score (nSPS) is 19.5. The SMILES string of the molecule is CCc1ccc(CN2CCNC(CC)(CC)C2)cc1. The zero-order chi connectivity index (χ0) is 13.7. The van der Waals surface area contributed by atoms with Gasteiger partial charge in [0.25, 0.3) is 0 Å². The molecule has 1 aromatic rings. The van der Waals surface area contributed by atoms with E-state index in [2.05, 4.69) is 55.3 Å². The monoisotopic (exact) mass is 260 g/mol. The molecule has 1 aliphatic heterocycles. The molecule has 1 N–H and O–H groups in total. The molecular formula is C17H28N2. The molecule has 0 aliphatic carbocycles. The van der Waals surface area contributed by atoms with Gasteiger partial charge in [0, 0.05) is 31.7 Å². The molecule has 0 bridgehead atoms. The average Bonchev–Trinajstić information content (AvgIpc) is 2.48. The Morgan fingerprint density at radius 2 is 1.68 bits per heavy atom. The van der Waals surface area contributed by atoms with Crippen LogP contribution < -0.4 is 5.32 Å². The number of nitrogens with zero attached hydrogens (tertiary/aromatic N) is 1. The maximum absolute atomic E-state index is 3.72. The summed E-state index contributed by atoms with van der Waals surface area (Å²) in [6.07, 6.45) is 3.56. The number of hydrogen-bond donors (Lipinski definition) is 1. The molecule has 1 fully saturated rings. The van der Waals surface area contributed by atoms with Gasteiger partial charge in [0.2, 0.25) is 0 Å². The van der Waals surface area contributed by atoms with E-state index in [1.807, 2.05) is 0 Å². The second-order valence-corrected chi connectivity index (χ2v) is 5.79. The Balaban J connectivity index is 1.98. The van der Waals surface area contributed by atoms with Gasteiger partial charge in [-0.15, -0.1) is 0 Å². The van der Waals surface area contributed by atoms with Gasteiger partial charge in [-0.3, -0.25) is 4.90 Å². The smallest absolute Gasteiger partial charge is 0.0304 e. The zero-order valence-electron chi connectivity index (χ0n) is 12.7. The van der Waals surface area contributed by atoms with Gasteiger partial charge in [0.15, 0.2) is 0 Å². The summed E-state index contributed by atoms with van der Waals surface area (Å²) >= 11 is 0. The van der Waals surface area contributed by atoms with Gasteiger partial charge in [-0.05, 0) is 30.4 Å². The molecule has 106 valence electrons. The molecule has 0 spiro atoms. The second kappa shape index (κ2) is 6.53. The van der Waals surface area contributed by atoms with Gasteiger partial charge in [-0.25, -0.2) is 0 Å². The summed E-state index contributed by atoms with van der Waals surface area (Å²) in [5.74, 6) is 0. The number of nitrogens with one attached hydrogen (secondary N) is 1. The van der Waals surface area contributed by atoms with Crippen molar-refractivity contribution in [2.45, 2.75) is 52.1 Å². The number of hydrogen-bond acceptors (Lipinski definition) is 2. The van der Waals surface area contributed by atoms with E-state index in [9.17, 15) is 0 Å². The summed E-state index contributed by atoms with van der Waals surface area (Å²) < 4.78 is 0. The highest BCUT2D eigenvalue weighted by Crippen LogP contribution is 2.21. The van der Waals surface area contributed by atoms with Crippen LogP contribution in [-0.4, -0.2) is 30.1 Å². The van der Waals surface area contributed by atoms with Crippen molar-refractivity contribution in [3.05, 3.63) is 35.4 Å². The van der Waals surface area contributed by atoms with Gasteiger partial charge >= 0.3 is 0 Å². The van der Waals surface area contributed by atoms with Gasteiger partial charge in [-0.1, -0.05) is 45.0 Å². The third kappa shape index (κ3) is 3.58. The van der Waals surface area contributed by atoms with Crippen LogP contribution in [-0.2, 0) is 13.0 Å². The minimum atomic E-state index is 0.335. The number of rotatable bonds is 5. The molecule has 19 heavy (non-hydrogen) atoms. The summed E-state index contributed by atoms with van der Waals surface area (Å²) in [6, 6.07) is 9.12. The predicted molar refractivity (Wildman–Crippen MR) is 82.4 cm³/mol. The van der Waals surface area contributed by atoms with E-state index in [4.69, 9.17) is 0 Å². The Bertz CT molecular complexity index is 379. The van der Waals surface area contributed by atoms with Crippen molar-refractivity contribution in [1.82, 2.24) is 10.2 Å². The van der Waals surface area contributed by atoms with Crippen molar-refractivity contribution in [1.29, 1.82) is 0 Å². The van der Waals surface area contributed by atoms with Crippen molar-refractivity contribution in [3.8, 4) is 0 Å². The molecule has 0 saturated carbocycles. The minimum Gasteiger partial charge on any atom is -0.309 e. The summed E-state index contributed by atoms with van der Waals surface area (Å²) in [6.45, 7) is 11.4. The first-order valence-corrected chi connectivity index (χ1v) is 7.76. The van der Waals surface area contributed by atoms with Crippen molar-refractivity contribution in [2.75, 3.05) is 19.6 Å². The Morgan fingerprint density at radius 3 is 2.26 bits per heavy atom. The van der Waals surface area contributed by atoms with Crippen LogP contribution in [0.3, 0.4) is 0 Å². The van der Waals surface area contributed by atoms with Crippen LogP contribution in [0.2, 0.25) is 0 Å². The molecule has 2 nitrogen and oxygen atoms in total. The molecule has 0 radical (unpaired) electrons. The number of piperazine rings is 1. The van der Waals surface area contributed by atoms with Crippen molar-refractivity contribution in [3.63, 3.8) is 0 Å². The maximum Gasteiger partial charge on any atom is 0.0304 e. The van der Waals surface area contributed by atoms with Crippen LogP contribution in [0.4, 0.5) is 0 Å². The predicted octanol–water partition coefficient (Wildman–Crippen LogP) is 3.21. The fourth-order valence-corrected chi connectivity index (χ4v) is 3.04. The average molecular weight is 260 g/mol. The molecule has 2 rings (SSSR count). The Hall–Kier alpha value is -0.860. The van der Waals surface area contributed by atoms with Crippen molar-refractivity contribution < 1.29 is 0 Å². The minimum absolute atomic E-state index is 0.335. The molecule has 0 atom stereocenters. The molecule has 1 heterocycles. The quantitative estimate of drug-likeness (QED) is 0.874. The highest BCUT2D eigenvalue weighted by Gasteiger charge is 2.31. The zero-order valence-corrected chi connectivity index (χ0v) is 12.7. The summed E-state index contributed by atoms with van der Waals surface area (Å²) in [7, 11) is 0. The molecular weight excluding hydrogens is 232 g/mol. The molecule has 0 aromatic heterocycles. The third-order valence-corrected chi connectivity index (χ3v) is 4.65. The lowest BCUT2D eigenvalue weighted by molar-refractivity contribution is 0.118. The lowest BCUT2D eigenvalue weighted by Crippen LogP contribution is -2.59. The summed E-state index contributed by atoms with van der Waals surface area (Å²) in [5.41, 5.74) is 3.21. The van der Waals surface area contributed by atoms with Crippen molar-refractivity contribution in [2.24, 2.45) is 0 Å². The third-order valence-electron chi connectivity index (χ3n) is 4.65. The second-order valence-electron chi connectivity index (χ2n) is 5.79. The van der Waals surface area contributed by atoms with E-state index < -0.39 is 0 Å². The van der Waals surface area contributed by atoms with Crippen LogP contribution in [0.5, 0.6) is 0 Å². The first-order valence-electron chi connectivity index (χ1n) is 7.76. The number of benzene rings is 1. The Labute approximate surface area is 118 Å². The van der Waals surface area contributed by atoms with Gasteiger partial charge in [0.1, 0.15) is 0 Å². The van der Waals surface area contributed by atoms with Crippen LogP contribution in [0.15, 0.2) is 24.3 Å². The van der Waals surface area contributed by atoms with Crippen LogP contribution >= 0.6 is 0 Å². The maximum atomic E-state index is 3.72. The molecule has 0 unspecified atom stereocenters. The molecule has 2 heteroatoms. The van der Waals surface area contributed by atoms with E-state index in [0.29, 0.717) is 5.54 Å². The highest BCUT2D eigenvalue weighted by atomic mass is 15.2. The molecule has 0 amide bonds. The lowest BCUT2D eigenvalue weighted by atomic mass is 9.90. The molecule has 1 aromatic carbocycles. The standard InChI is InChI=1S/C17H28N2/c1-4-15-7-9-16(10-8-15)13-19-12-11-18-17(5-2,6-3)14-19/h7-10,18H,4-6,11-14H2,1-3H3. The Morgan fingerprint density at radius 1 is 1.05 bits per heavy atom. The first-order chi connectivity index (χ1) is 9.21.